The van der Waals surface area contributed by atoms with Crippen LogP contribution >= 0.6 is 22.7 Å². The van der Waals surface area contributed by atoms with Gasteiger partial charge in [0, 0.05) is 30.4 Å². The minimum absolute atomic E-state index is 0.00626. The van der Waals surface area contributed by atoms with Gasteiger partial charge in [-0.3, -0.25) is 15.3 Å². The number of rotatable bonds is 12. The summed E-state index contributed by atoms with van der Waals surface area (Å²) < 4.78 is 16.3. The van der Waals surface area contributed by atoms with Crippen molar-refractivity contribution in [2.24, 2.45) is 0 Å². The van der Waals surface area contributed by atoms with Gasteiger partial charge in [0.1, 0.15) is 5.75 Å². The fourth-order valence-electron chi connectivity index (χ4n) is 2.69. The highest BCUT2D eigenvalue weighted by Crippen LogP contribution is 2.18. The summed E-state index contributed by atoms with van der Waals surface area (Å²) in [5.74, 6) is 0.696. The molecule has 7 nitrogen and oxygen atoms in total. The van der Waals surface area contributed by atoms with E-state index in [0.29, 0.717) is 25.4 Å². The van der Waals surface area contributed by atoms with E-state index >= 15 is 0 Å². The van der Waals surface area contributed by atoms with Crippen LogP contribution in [-0.2, 0) is 29.1 Å². The molecule has 31 heavy (non-hydrogen) atoms. The standard InChI is InChI=1S/C22H27N3O4S2/c1-24(2)23-13-18-6-3-7-19(12-18)28-16-27-17-29-22(26)25(14-20-8-4-10-30-20)15-21-9-5-11-31-21/h3-12,23H,13-17H2,1-2H3. The number of nitrogens with one attached hydrogen (secondary N) is 1. The van der Waals surface area contributed by atoms with Crippen LogP contribution in [0.3, 0.4) is 0 Å². The zero-order chi connectivity index (χ0) is 21.9. The lowest BCUT2D eigenvalue weighted by Gasteiger charge is -2.21. The molecule has 0 saturated carbocycles. The molecular weight excluding hydrogens is 434 g/mol. The molecule has 0 spiro atoms. The molecule has 0 fully saturated rings. The van der Waals surface area contributed by atoms with E-state index in [-0.39, 0.29) is 13.6 Å². The normalized spacial score (nSPS) is 10.9. The highest BCUT2D eigenvalue weighted by atomic mass is 32.1. The van der Waals surface area contributed by atoms with Crippen molar-refractivity contribution < 1.29 is 19.0 Å². The Hall–Kier alpha value is -2.43. The molecule has 166 valence electrons. The number of benzene rings is 1. The summed E-state index contributed by atoms with van der Waals surface area (Å²) in [6, 6.07) is 15.7. The molecule has 0 aliphatic carbocycles. The first-order valence-electron chi connectivity index (χ1n) is 9.77. The molecule has 0 aliphatic heterocycles. The number of hydrogen-bond acceptors (Lipinski definition) is 8. The molecule has 0 saturated heterocycles. The molecule has 0 aliphatic rings. The summed E-state index contributed by atoms with van der Waals surface area (Å²) in [6.07, 6.45) is -0.418. The van der Waals surface area contributed by atoms with Crippen LogP contribution in [0.25, 0.3) is 0 Å². The third-order valence-corrected chi connectivity index (χ3v) is 5.91. The van der Waals surface area contributed by atoms with Crippen molar-refractivity contribution in [3.63, 3.8) is 0 Å². The van der Waals surface area contributed by atoms with Gasteiger partial charge in [-0.05, 0) is 40.6 Å². The second-order valence-electron chi connectivity index (χ2n) is 6.89. The van der Waals surface area contributed by atoms with Gasteiger partial charge >= 0.3 is 6.09 Å². The number of amides is 1. The highest BCUT2D eigenvalue weighted by Gasteiger charge is 2.17. The number of hydrogen-bond donors (Lipinski definition) is 1. The van der Waals surface area contributed by atoms with Crippen LogP contribution in [-0.4, -0.2) is 43.7 Å². The second-order valence-corrected chi connectivity index (χ2v) is 8.95. The molecule has 3 rings (SSSR count). The predicted molar refractivity (Wildman–Crippen MR) is 123 cm³/mol. The third-order valence-electron chi connectivity index (χ3n) is 4.18. The molecular formula is C22H27N3O4S2. The van der Waals surface area contributed by atoms with Crippen LogP contribution in [0.4, 0.5) is 4.79 Å². The summed E-state index contributed by atoms with van der Waals surface area (Å²) in [7, 11) is 3.88. The zero-order valence-corrected chi connectivity index (χ0v) is 19.3. The van der Waals surface area contributed by atoms with E-state index in [1.54, 1.807) is 27.6 Å². The molecule has 0 atom stereocenters. The minimum atomic E-state index is -0.418. The maximum absolute atomic E-state index is 12.6. The van der Waals surface area contributed by atoms with Crippen LogP contribution < -0.4 is 10.2 Å². The van der Waals surface area contributed by atoms with E-state index in [1.165, 1.54) is 0 Å². The minimum Gasteiger partial charge on any atom is -0.467 e. The van der Waals surface area contributed by atoms with Crippen molar-refractivity contribution in [1.82, 2.24) is 15.3 Å². The van der Waals surface area contributed by atoms with Crippen molar-refractivity contribution in [1.29, 1.82) is 0 Å². The van der Waals surface area contributed by atoms with Gasteiger partial charge in [0.15, 0.2) is 13.6 Å². The van der Waals surface area contributed by atoms with Crippen molar-refractivity contribution in [3.8, 4) is 5.75 Å². The van der Waals surface area contributed by atoms with Gasteiger partial charge in [-0.25, -0.2) is 4.79 Å². The number of ether oxygens (including phenoxy) is 3. The zero-order valence-electron chi connectivity index (χ0n) is 17.7. The van der Waals surface area contributed by atoms with E-state index in [9.17, 15) is 4.79 Å². The average molecular weight is 462 g/mol. The first kappa shape index (κ1) is 23.2. The first-order chi connectivity index (χ1) is 15.1. The molecule has 1 amide bonds. The quantitative estimate of drug-likeness (QED) is 0.243. The molecule has 1 N–H and O–H groups in total. The fourth-order valence-corrected chi connectivity index (χ4v) is 4.13. The maximum atomic E-state index is 12.6. The Bertz CT molecular complexity index is 865. The van der Waals surface area contributed by atoms with Crippen molar-refractivity contribution >= 4 is 28.8 Å². The Morgan fingerprint density at radius 3 is 2.29 bits per heavy atom. The molecule has 2 heterocycles. The molecule has 1 aromatic carbocycles. The van der Waals surface area contributed by atoms with Crippen LogP contribution in [0, 0.1) is 0 Å². The predicted octanol–water partition coefficient (Wildman–Crippen LogP) is 4.53. The van der Waals surface area contributed by atoms with E-state index in [2.05, 4.69) is 5.43 Å². The lowest BCUT2D eigenvalue weighted by molar-refractivity contribution is -0.0779. The third kappa shape index (κ3) is 8.31. The molecule has 0 bridgehead atoms. The number of carbonyl (C=O) groups is 1. The van der Waals surface area contributed by atoms with Crippen LogP contribution in [0.1, 0.15) is 15.3 Å². The number of nitrogens with zero attached hydrogens (tertiary/aromatic N) is 2. The number of hydrazine groups is 1. The van der Waals surface area contributed by atoms with E-state index in [1.807, 2.05) is 78.4 Å². The SMILES string of the molecule is CN(C)NCc1cccc(OCOCOC(=O)N(Cc2cccs2)Cc2cccs2)c1. The maximum Gasteiger partial charge on any atom is 0.412 e. The largest absolute Gasteiger partial charge is 0.467 e. The topological polar surface area (TPSA) is 63.3 Å². The van der Waals surface area contributed by atoms with Gasteiger partial charge in [0.05, 0.1) is 13.1 Å². The molecule has 2 aromatic heterocycles. The Morgan fingerprint density at radius 2 is 1.68 bits per heavy atom. The fraction of sp³-hybridized carbons (Fsp3) is 0.318. The van der Waals surface area contributed by atoms with Crippen molar-refractivity contribution in [2.45, 2.75) is 19.6 Å². The van der Waals surface area contributed by atoms with Gasteiger partial charge in [-0.2, -0.15) is 0 Å². The molecule has 0 unspecified atom stereocenters. The summed E-state index contributed by atoms with van der Waals surface area (Å²) in [5.41, 5.74) is 4.30. The summed E-state index contributed by atoms with van der Waals surface area (Å²) >= 11 is 3.22. The van der Waals surface area contributed by atoms with Gasteiger partial charge in [0.2, 0.25) is 0 Å². The number of carbonyl (C=O) groups excluding carboxylic acids is 1. The summed E-state index contributed by atoms with van der Waals surface area (Å²) in [4.78, 5) is 16.4. The Labute approximate surface area is 190 Å². The summed E-state index contributed by atoms with van der Waals surface area (Å²) in [6.45, 7) is 1.52. The van der Waals surface area contributed by atoms with Crippen molar-refractivity contribution in [3.05, 3.63) is 74.6 Å². The average Bonchev–Trinajstić information content (AvgIpc) is 3.46. The monoisotopic (exact) mass is 461 g/mol. The summed E-state index contributed by atoms with van der Waals surface area (Å²) in [5, 5.41) is 5.89. The van der Waals surface area contributed by atoms with Gasteiger partial charge in [-0.15, -0.1) is 22.7 Å². The first-order valence-corrected chi connectivity index (χ1v) is 11.5. The van der Waals surface area contributed by atoms with Gasteiger partial charge < -0.3 is 14.2 Å². The highest BCUT2D eigenvalue weighted by molar-refractivity contribution is 7.10. The second kappa shape index (κ2) is 12.4. The Balaban J connectivity index is 1.42. The van der Waals surface area contributed by atoms with Gasteiger partial charge in [0.25, 0.3) is 0 Å². The van der Waals surface area contributed by atoms with Crippen LogP contribution in [0.2, 0.25) is 0 Å². The Kier molecular flexibility index (Phi) is 9.32. The van der Waals surface area contributed by atoms with E-state index < -0.39 is 6.09 Å². The molecule has 3 aromatic rings. The smallest absolute Gasteiger partial charge is 0.412 e. The van der Waals surface area contributed by atoms with Crippen LogP contribution in [0.15, 0.2) is 59.3 Å². The molecule has 9 heteroatoms. The number of thiophene rings is 2. The van der Waals surface area contributed by atoms with Gasteiger partial charge in [-0.1, -0.05) is 24.3 Å². The van der Waals surface area contributed by atoms with E-state index in [0.717, 1.165) is 15.3 Å². The van der Waals surface area contributed by atoms with E-state index in [4.69, 9.17) is 14.2 Å². The lowest BCUT2D eigenvalue weighted by Crippen LogP contribution is -2.31. The lowest BCUT2D eigenvalue weighted by atomic mass is 10.2. The molecule has 0 radical (unpaired) electrons. The Morgan fingerprint density at radius 1 is 0.968 bits per heavy atom. The van der Waals surface area contributed by atoms with Crippen LogP contribution in [0.5, 0.6) is 5.75 Å². The van der Waals surface area contributed by atoms with Crippen molar-refractivity contribution in [2.75, 3.05) is 27.7 Å².